The fraction of sp³-hybridized carbons (Fsp3) is 0.176. The van der Waals surface area contributed by atoms with E-state index in [9.17, 15) is 0 Å². The van der Waals surface area contributed by atoms with Gasteiger partial charge in [0.25, 0.3) is 0 Å². The van der Waals surface area contributed by atoms with Crippen LogP contribution in [0.3, 0.4) is 0 Å². The molecule has 0 aliphatic carbocycles. The molecule has 22 heavy (non-hydrogen) atoms. The van der Waals surface area contributed by atoms with Gasteiger partial charge in [0.2, 0.25) is 0 Å². The fourth-order valence-corrected chi connectivity index (χ4v) is 5.00. The SMILES string of the molecule is CCc1ccc(-c2ccc(-c3ccc(C)s3)c3nsnc23)s1. The lowest BCUT2D eigenvalue weighted by Gasteiger charge is -2.03. The molecule has 0 atom stereocenters. The van der Waals surface area contributed by atoms with Crippen LogP contribution in [0.4, 0.5) is 0 Å². The van der Waals surface area contributed by atoms with Gasteiger partial charge in [-0.2, -0.15) is 8.75 Å². The maximum Gasteiger partial charge on any atom is 0.114 e. The van der Waals surface area contributed by atoms with Crippen LogP contribution in [0.2, 0.25) is 0 Å². The summed E-state index contributed by atoms with van der Waals surface area (Å²) in [5, 5.41) is 0. The molecule has 1 aromatic carbocycles. The Kier molecular flexibility index (Phi) is 3.56. The zero-order chi connectivity index (χ0) is 15.1. The normalized spacial score (nSPS) is 11.4. The molecule has 0 N–H and O–H groups in total. The standard InChI is InChI=1S/C17H14N2S3/c1-3-11-5-9-15(21-11)13-7-6-12(14-8-4-10(2)20-14)16-17(13)19-22-18-16/h4-9H,3H2,1-2H3. The van der Waals surface area contributed by atoms with E-state index in [-0.39, 0.29) is 0 Å². The molecule has 0 saturated heterocycles. The number of thiophene rings is 2. The third-order valence-corrected chi connectivity index (χ3v) is 6.52. The van der Waals surface area contributed by atoms with E-state index in [0.717, 1.165) is 17.5 Å². The van der Waals surface area contributed by atoms with Crippen molar-refractivity contribution in [1.82, 2.24) is 8.75 Å². The Morgan fingerprint density at radius 3 is 2.00 bits per heavy atom. The minimum absolute atomic E-state index is 1.02. The third-order valence-electron chi connectivity index (χ3n) is 3.70. The van der Waals surface area contributed by atoms with Gasteiger partial charge in [-0.1, -0.05) is 19.1 Å². The molecular weight excluding hydrogens is 328 g/mol. The summed E-state index contributed by atoms with van der Waals surface area (Å²) in [4.78, 5) is 5.27. The van der Waals surface area contributed by atoms with Crippen LogP contribution in [-0.4, -0.2) is 8.75 Å². The van der Waals surface area contributed by atoms with E-state index in [4.69, 9.17) is 0 Å². The van der Waals surface area contributed by atoms with Crippen LogP contribution in [0.25, 0.3) is 31.9 Å². The molecule has 0 aliphatic rings. The minimum Gasteiger partial charge on any atom is -0.172 e. The molecule has 5 heteroatoms. The molecule has 0 unspecified atom stereocenters. The van der Waals surface area contributed by atoms with Gasteiger partial charge < -0.3 is 0 Å². The van der Waals surface area contributed by atoms with Gasteiger partial charge in [0.15, 0.2) is 0 Å². The molecular formula is C17H14N2S3. The molecule has 0 aliphatic heterocycles. The number of fused-ring (bicyclic) bond motifs is 1. The summed E-state index contributed by atoms with van der Waals surface area (Å²) in [5.74, 6) is 0. The first-order chi connectivity index (χ1) is 10.8. The quantitative estimate of drug-likeness (QED) is 0.455. The van der Waals surface area contributed by atoms with Crippen molar-refractivity contribution in [2.24, 2.45) is 0 Å². The second-order valence-electron chi connectivity index (χ2n) is 5.15. The molecule has 4 aromatic rings. The lowest BCUT2D eigenvalue weighted by Crippen LogP contribution is -1.81. The summed E-state index contributed by atoms with van der Waals surface area (Å²) < 4.78 is 9.12. The number of hydrogen-bond donors (Lipinski definition) is 0. The first-order valence-corrected chi connectivity index (χ1v) is 9.53. The van der Waals surface area contributed by atoms with E-state index in [0.29, 0.717) is 0 Å². The van der Waals surface area contributed by atoms with Gasteiger partial charge >= 0.3 is 0 Å². The zero-order valence-electron chi connectivity index (χ0n) is 12.3. The molecule has 0 saturated carbocycles. The Labute approximate surface area is 141 Å². The summed E-state index contributed by atoms with van der Waals surface area (Å²) in [7, 11) is 0. The summed E-state index contributed by atoms with van der Waals surface area (Å²) in [6.07, 6.45) is 1.08. The van der Waals surface area contributed by atoms with Gasteiger partial charge in [-0.05, 0) is 37.6 Å². The van der Waals surface area contributed by atoms with Gasteiger partial charge in [0, 0.05) is 30.6 Å². The van der Waals surface area contributed by atoms with Crippen molar-refractivity contribution in [3.8, 4) is 20.9 Å². The van der Waals surface area contributed by atoms with Gasteiger partial charge in [-0.15, -0.1) is 22.7 Å². The van der Waals surface area contributed by atoms with Gasteiger partial charge in [0.05, 0.1) is 11.7 Å². The van der Waals surface area contributed by atoms with Crippen molar-refractivity contribution in [3.63, 3.8) is 0 Å². The smallest absolute Gasteiger partial charge is 0.114 e. The molecule has 0 fully saturated rings. The largest absolute Gasteiger partial charge is 0.172 e. The highest BCUT2D eigenvalue weighted by molar-refractivity contribution is 7.16. The Bertz CT molecular complexity index is 946. The Balaban J connectivity index is 1.91. The second-order valence-corrected chi connectivity index (χ2v) is 8.14. The first-order valence-electron chi connectivity index (χ1n) is 7.17. The monoisotopic (exact) mass is 342 g/mol. The average Bonchev–Trinajstić information content (AvgIpc) is 3.26. The maximum atomic E-state index is 4.56. The van der Waals surface area contributed by atoms with Crippen molar-refractivity contribution in [1.29, 1.82) is 0 Å². The molecule has 2 nitrogen and oxygen atoms in total. The highest BCUT2D eigenvalue weighted by Crippen LogP contribution is 2.39. The van der Waals surface area contributed by atoms with Gasteiger partial charge in [0.1, 0.15) is 11.0 Å². The van der Waals surface area contributed by atoms with E-state index in [1.165, 1.54) is 42.4 Å². The van der Waals surface area contributed by atoms with Crippen LogP contribution in [0.5, 0.6) is 0 Å². The van der Waals surface area contributed by atoms with Gasteiger partial charge in [-0.3, -0.25) is 0 Å². The third kappa shape index (κ3) is 2.29. The topological polar surface area (TPSA) is 25.8 Å². The van der Waals surface area contributed by atoms with Crippen LogP contribution < -0.4 is 0 Å². The van der Waals surface area contributed by atoms with Crippen molar-refractivity contribution in [2.45, 2.75) is 20.3 Å². The van der Waals surface area contributed by atoms with Gasteiger partial charge in [-0.25, -0.2) is 0 Å². The number of hydrogen-bond acceptors (Lipinski definition) is 5. The molecule has 0 bridgehead atoms. The van der Waals surface area contributed by atoms with Crippen LogP contribution in [-0.2, 0) is 6.42 Å². The van der Waals surface area contributed by atoms with Crippen molar-refractivity contribution < 1.29 is 0 Å². The highest BCUT2D eigenvalue weighted by atomic mass is 32.1. The maximum absolute atomic E-state index is 4.56. The summed E-state index contributed by atoms with van der Waals surface area (Å²) in [6, 6.07) is 13.1. The summed E-state index contributed by atoms with van der Waals surface area (Å²) in [5.41, 5.74) is 4.44. The number of aryl methyl sites for hydroxylation is 2. The number of nitrogens with zero attached hydrogens (tertiary/aromatic N) is 2. The zero-order valence-corrected chi connectivity index (χ0v) is 14.7. The molecule has 3 heterocycles. The molecule has 4 rings (SSSR count). The number of aromatic nitrogens is 2. The van der Waals surface area contributed by atoms with Crippen LogP contribution in [0.1, 0.15) is 16.7 Å². The summed E-state index contributed by atoms with van der Waals surface area (Å²) >= 11 is 4.96. The second kappa shape index (κ2) is 5.57. The highest BCUT2D eigenvalue weighted by Gasteiger charge is 2.15. The number of rotatable bonds is 3. The van der Waals surface area contributed by atoms with E-state index in [1.807, 2.05) is 22.7 Å². The predicted octanol–water partition coefficient (Wildman–Crippen LogP) is 6.02. The lowest BCUT2D eigenvalue weighted by atomic mass is 10.1. The van der Waals surface area contributed by atoms with E-state index in [2.05, 4.69) is 59.0 Å². The minimum atomic E-state index is 1.02. The molecule has 110 valence electrons. The molecule has 3 aromatic heterocycles. The Hall–Kier alpha value is -1.56. The first kappa shape index (κ1) is 14.1. The van der Waals surface area contributed by atoms with E-state index < -0.39 is 0 Å². The van der Waals surface area contributed by atoms with Crippen LogP contribution >= 0.6 is 34.4 Å². The Morgan fingerprint density at radius 2 is 1.45 bits per heavy atom. The number of benzene rings is 1. The fourth-order valence-electron chi connectivity index (χ4n) is 2.56. The van der Waals surface area contributed by atoms with Crippen molar-refractivity contribution in [2.75, 3.05) is 0 Å². The van der Waals surface area contributed by atoms with Crippen molar-refractivity contribution >= 4 is 45.4 Å². The summed E-state index contributed by atoms with van der Waals surface area (Å²) in [6.45, 7) is 4.33. The molecule has 0 spiro atoms. The predicted molar refractivity (Wildman–Crippen MR) is 98.2 cm³/mol. The van der Waals surface area contributed by atoms with E-state index >= 15 is 0 Å². The molecule has 0 amide bonds. The molecule has 0 radical (unpaired) electrons. The van der Waals surface area contributed by atoms with Crippen LogP contribution in [0, 0.1) is 6.92 Å². The van der Waals surface area contributed by atoms with Crippen molar-refractivity contribution in [3.05, 3.63) is 46.2 Å². The Morgan fingerprint density at radius 1 is 0.818 bits per heavy atom. The van der Waals surface area contributed by atoms with Crippen LogP contribution in [0.15, 0.2) is 36.4 Å². The average molecular weight is 343 g/mol. The van der Waals surface area contributed by atoms with E-state index in [1.54, 1.807) is 0 Å². The lowest BCUT2D eigenvalue weighted by molar-refractivity contribution is 1.19.